The van der Waals surface area contributed by atoms with Crippen LogP contribution in [0.3, 0.4) is 0 Å². The minimum atomic E-state index is -1.23. The van der Waals surface area contributed by atoms with E-state index in [1.54, 1.807) is 0 Å². The van der Waals surface area contributed by atoms with Crippen LogP contribution >= 0.6 is 0 Å². The van der Waals surface area contributed by atoms with Gasteiger partial charge in [-0.2, -0.15) is 0 Å². The van der Waals surface area contributed by atoms with Crippen molar-refractivity contribution in [2.24, 2.45) is 11.7 Å². The van der Waals surface area contributed by atoms with Crippen LogP contribution in [0.4, 0.5) is 0 Å². The van der Waals surface area contributed by atoms with E-state index in [1.807, 2.05) is 13.8 Å². The van der Waals surface area contributed by atoms with Gasteiger partial charge in [-0.05, 0) is 12.3 Å². The Labute approximate surface area is 99.0 Å². The lowest BCUT2D eigenvalue weighted by Crippen LogP contribution is -2.49. The summed E-state index contributed by atoms with van der Waals surface area (Å²) in [5.41, 5.74) is 5.31. The van der Waals surface area contributed by atoms with E-state index in [4.69, 9.17) is 15.9 Å². The predicted molar refractivity (Wildman–Crippen MR) is 59.2 cm³/mol. The Morgan fingerprint density at radius 1 is 1.24 bits per heavy atom. The summed E-state index contributed by atoms with van der Waals surface area (Å²) in [6.07, 6.45) is -0.263. The highest BCUT2D eigenvalue weighted by atomic mass is 16.4. The van der Waals surface area contributed by atoms with E-state index in [-0.39, 0.29) is 12.3 Å². The number of carbonyl (C=O) groups excluding carboxylic acids is 1. The van der Waals surface area contributed by atoms with E-state index >= 15 is 0 Å². The molecule has 0 aromatic carbocycles. The van der Waals surface area contributed by atoms with Crippen molar-refractivity contribution in [2.75, 3.05) is 0 Å². The molecule has 5 N–H and O–H groups in total. The highest BCUT2D eigenvalue weighted by Gasteiger charge is 2.25. The van der Waals surface area contributed by atoms with Gasteiger partial charge in [-0.25, -0.2) is 4.79 Å². The highest BCUT2D eigenvalue weighted by Crippen LogP contribution is 2.05. The van der Waals surface area contributed by atoms with Gasteiger partial charge in [0.1, 0.15) is 6.04 Å². The van der Waals surface area contributed by atoms with Crippen molar-refractivity contribution in [3.63, 3.8) is 0 Å². The molecule has 2 atom stereocenters. The summed E-state index contributed by atoms with van der Waals surface area (Å²) in [5, 5.41) is 19.5. The summed E-state index contributed by atoms with van der Waals surface area (Å²) in [5.74, 6) is -3.04. The molecule has 0 fully saturated rings. The molecule has 0 aliphatic rings. The number of hydrogen-bond acceptors (Lipinski definition) is 4. The van der Waals surface area contributed by atoms with Crippen molar-refractivity contribution in [3.05, 3.63) is 0 Å². The third kappa shape index (κ3) is 6.52. The molecular weight excluding hydrogens is 228 g/mol. The third-order valence-electron chi connectivity index (χ3n) is 2.05. The zero-order valence-corrected chi connectivity index (χ0v) is 9.84. The van der Waals surface area contributed by atoms with Crippen molar-refractivity contribution in [1.29, 1.82) is 0 Å². The van der Waals surface area contributed by atoms with Gasteiger partial charge in [0.2, 0.25) is 5.91 Å². The van der Waals surface area contributed by atoms with Gasteiger partial charge in [0.15, 0.2) is 0 Å². The molecule has 0 aliphatic heterocycles. The second kappa shape index (κ2) is 6.85. The number of nitrogens with one attached hydrogen (secondary N) is 1. The maximum Gasteiger partial charge on any atom is 0.326 e. The molecule has 0 aromatic rings. The van der Waals surface area contributed by atoms with Crippen LogP contribution < -0.4 is 11.1 Å². The van der Waals surface area contributed by atoms with Crippen LogP contribution in [0.1, 0.15) is 26.7 Å². The van der Waals surface area contributed by atoms with Crippen LogP contribution in [-0.2, 0) is 14.4 Å². The van der Waals surface area contributed by atoms with Crippen molar-refractivity contribution < 1.29 is 24.6 Å². The van der Waals surface area contributed by atoms with Crippen molar-refractivity contribution >= 4 is 17.8 Å². The Kier molecular flexibility index (Phi) is 6.19. The summed E-state index contributed by atoms with van der Waals surface area (Å²) < 4.78 is 0. The van der Waals surface area contributed by atoms with E-state index in [0.717, 1.165) is 0 Å². The van der Waals surface area contributed by atoms with Crippen LogP contribution in [0.2, 0.25) is 0 Å². The number of aliphatic carboxylic acids is 2. The summed E-state index contributed by atoms with van der Waals surface area (Å²) in [7, 11) is 0. The fraction of sp³-hybridized carbons (Fsp3) is 0.700. The summed E-state index contributed by atoms with van der Waals surface area (Å²) in [6.45, 7) is 3.64. The van der Waals surface area contributed by atoms with Crippen molar-refractivity contribution in [1.82, 2.24) is 5.32 Å². The number of hydrogen-bond donors (Lipinski definition) is 4. The van der Waals surface area contributed by atoms with Gasteiger partial charge in [-0.15, -0.1) is 0 Å². The van der Waals surface area contributed by atoms with Crippen LogP contribution in [0.5, 0.6) is 0 Å². The smallest absolute Gasteiger partial charge is 0.326 e. The molecule has 0 bridgehead atoms. The molecular formula is C10H18N2O5. The molecule has 0 rings (SSSR count). The first-order valence-electron chi connectivity index (χ1n) is 5.24. The number of carboxylic acid groups (broad SMARTS) is 2. The third-order valence-corrected chi connectivity index (χ3v) is 2.05. The van der Waals surface area contributed by atoms with E-state index in [1.165, 1.54) is 0 Å². The SMILES string of the molecule is CC(C)CC(NC(=O)[C@@H](N)CC(=O)O)C(=O)O. The second-order valence-electron chi connectivity index (χ2n) is 4.23. The van der Waals surface area contributed by atoms with Gasteiger partial charge < -0.3 is 21.3 Å². The molecule has 7 nitrogen and oxygen atoms in total. The fourth-order valence-electron chi connectivity index (χ4n) is 1.25. The topological polar surface area (TPSA) is 130 Å². The molecule has 0 saturated heterocycles. The first-order chi connectivity index (χ1) is 7.73. The van der Waals surface area contributed by atoms with E-state index in [0.29, 0.717) is 0 Å². The molecule has 0 aromatic heterocycles. The summed E-state index contributed by atoms with van der Waals surface area (Å²) in [6, 6.07) is -2.27. The Morgan fingerprint density at radius 3 is 2.12 bits per heavy atom. The van der Waals surface area contributed by atoms with E-state index < -0.39 is 36.4 Å². The molecule has 0 aliphatic carbocycles. The zero-order chi connectivity index (χ0) is 13.6. The lowest BCUT2D eigenvalue weighted by molar-refractivity contribution is -0.143. The average Bonchev–Trinajstić information content (AvgIpc) is 2.14. The molecule has 98 valence electrons. The Balaban J connectivity index is 4.39. The standard InChI is InChI=1S/C10H18N2O5/c1-5(2)3-7(10(16)17)12-9(15)6(11)4-8(13)14/h5-7H,3-4,11H2,1-2H3,(H,12,15)(H,13,14)(H,16,17)/t6-,7?/m0/s1. The Bertz CT molecular complexity index is 303. The Morgan fingerprint density at radius 2 is 1.76 bits per heavy atom. The minimum Gasteiger partial charge on any atom is -0.481 e. The molecule has 0 saturated carbocycles. The fourth-order valence-corrected chi connectivity index (χ4v) is 1.25. The minimum absolute atomic E-state index is 0.0899. The molecule has 0 heterocycles. The van der Waals surface area contributed by atoms with E-state index in [9.17, 15) is 14.4 Å². The largest absolute Gasteiger partial charge is 0.481 e. The quantitative estimate of drug-likeness (QED) is 0.474. The van der Waals surface area contributed by atoms with Gasteiger partial charge in [-0.1, -0.05) is 13.8 Å². The van der Waals surface area contributed by atoms with Crippen LogP contribution in [0, 0.1) is 5.92 Å². The van der Waals surface area contributed by atoms with Gasteiger partial charge in [-0.3, -0.25) is 9.59 Å². The number of carbonyl (C=O) groups is 3. The molecule has 1 amide bonds. The lowest BCUT2D eigenvalue weighted by atomic mass is 10.0. The van der Waals surface area contributed by atoms with Gasteiger partial charge >= 0.3 is 11.9 Å². The number of carboxylic acids is 2. The maximum atomic E-state index is 11.4. The van der Waals surface area contributed by atoms with Crippen LogP contribution in [0.25, 0.3) is 0 Å². The predicted octanol–water partition coefficient (Wildman–Crippen LogP) is -0.596. The molecule has 1 unspecified atom stereocenters. The molecule has 0 spiro atoms. The first-order valence-corrected chi connectivity index (χ1v) is 5.24. The Hall–Kier alpha value is -1.63. The summed E-state index contributed by atoms with van der Waals surface area (Å²) >= 11 is 0. The zero-order valence-electron chi connectivity index (χ0n) is 9.84. The van der Waals surface area contributed by atoms with Crippen LogP contribution in [-0.4, -0.2) is 40.1 Å². The number of nitrogens with two attached hydrogens (primary N) is 1. The number of amides is 1. The highest BCUT2D eigenvalue weighted by molar-refractivity contribution is 5.89. The monoisotopic (exact) mass is 246 g/mol. The molecule has 17 heavy (non-hydrogen) atoms. The lowest BCUT2D eigenvalue weighted by Gasteiger charge is -2.18. The number of rotatable bonds is 7. The van der Waals surface area contributed by atoms with Gasteiger partial charge in [0, 0.05) is 0 Å². The van der Waals surface area contributed by atoms with Gasteiger partial charge in [0.25, 0.3) is 0 Å². The normalized spacial score (nSPS) is 14.1. The maximum absolute atomic E-state index is 11.4. The van der Waals surface area contributed by atoms with Gasteiger partial charge in [0.05, 0.1) is 12.5 Å². The molecule has 7 heteroatoms. The first kappa shape index (κ1) is 15.4. The average molecular weight is 246 g/mol. The second-order valence-corrected chi connectivity index (χ2v) is 4.23. The van der Waals surface area contributed by atoms with Crippen molar-refractivity contribution in [3.8, 4) is 0 Å². The van der Waals surface area contributed by atoms with E-state index in [2.05, 4.69) is 5.32 Å². The van der Waals surface area contributed by atoms with Crippen molar-refractivity contribution in [2.45, 2.75) is 38.8 Å². The summed E-state index contributed by atoms with van der Waals surface area (Å²) in [4.78, 5) is 32.6. The molecule has 0 radical (unpaired) electrons. The van der Waals surface area contributed by atoms with Crippen LogP contribution in [0.15, 0.2) is 0 Å².